The lowest BCUT2D eigenvalue weighted by molar-refractivity contribution is 0.131. The molecule has 1 heteroatoms. The molecule has 0 spiro atoms. The van der Waals surface area contributed by atoms with E-state index in [9.17, 15) is 5.11 Å². The summed E-state index contributed by atoms with van der Waals surface area (Å²) in [6.07, 6.45) is 9.69. The molecule has 0 saturated carbocycles. The van der Waals surface area contributed by atoms with Crippen LogP contribution in [0.5, 0.6) is 0 Å². The molecule has 1 N–H and O–H groups in total. The van der Waals surface area contributed by atoms with Crippen LogP contribution in [0.2, 0.25) is 0 Å². The van der Waals surface area contributed by atoms with Gasteiger partial charge in [0.15, 0.2) is 0 Å². The minimum Gasteiger partial charge on any atom is -0.392 e. The number of terminal acetylenes is 1. The molecule has 0 saturated heterocycles. The molecule has 0 radical (unpaired) electrons. The third kappa shape index (κ3) is 2.28. The van der Waals surface area contributed by atoms with Crippen molar-refractivity contribution in [2.24, 2.45) is 0 Å². The second-order valence-corrected chi connectivity index (χ2v) is 4.51. The van der Waals surface area contributed by atoms with E-state index in [0.29, 0.717) is 5.92 Å². The first kappa shape index (κ1) is 11.2. The number of aryl methyl sites for hydroxylation is 1. The van der Waals surface area contributed by atoms with Gasteiger partial charge in [-0.1, -0.05) is 24.3 Å². The molecule has 1 aromatic rings. The van der Waals surface area contributed by atoms with Crippen molar-refractivity contribution >= 4 is 0 Å². The van der Waals surface area contributed by atoms with Crippen molar-refractivity contribution in [3.8, 4) is 12.3 Å². The van der Waals surface area contributed by atoms with Gasteiger partial charge in [0, 0.05) is 12.3 Å². The highest BCUT2D eigenvalue weighted by Crippen LogP contribution is 2.36. The number of unbranched alkanes of at least 4 members (excludes halogenated alkanes) is 1. The number of aliphatic hydroxyl groups is 1. The summed E-state index contributed by atoms with van der Waals surface area (Å²) in [6.45, 7) is 0. The Bertz CT molecular complexity index is 389. The van der Waals surface area contributed by atoms with E-state index in [1.165, 1.54) is 11.1 Å². The third-order valence-corrected chi connectivity index (χ3v) is 3.46. The van der Waals surface area contributed by atoms with E-state index < -0.39 is 0 Å². The molecule has 0 fully saturated rings. The van der Waals surface area contributed by atoms with Crippen LogP contribution in [0.4, 0.5) is 0 Å². The molecule has 1 aliphatic rings. The highest BCUT2D eigenvalue weighted by Gasteiger charge is 2.27. The van der Waals surface area contributed by atoms with Crippen LogP contribution >= 0.6 is 0 Å². The first-order valence-corrected chi connectivity index (χ1v) is 6.02. The van der Waals surface area contributed by atoms with Crippen molar-refractivity contribution in [1.82, 2.24) is 0 Å². The van der Waals surface area contributed by atoms with Gasteiger partial charge in [0.2, 0.25) is 0 Å². The van der Waals surface area contributed by atoms with E-state index in [-0.39, 0.29) is 6.10 Å². The standard InChI is InChI=1S/C15H18O/c1-2-3-4-9-15(16)14-11-10-12-7-5-6-8-13(12)14/h1,5-8,14-16H,3-4,9-11H2. The summed E-state index contributed by atoms with van der Waals surface area (Å²) in [5.74, 6) is 2.95. The smallest absolute Gasteiger partial charge is 0.0609 e. The number of hydrogen-bond acceptors (Lipinski definition) is 1. The normalized spacial score (nSPS) is 20.1. The Morgan fingerprint density at radius 1 is 1.44 bits per heavy atom. The van der Waals surface area contributed by atoms with Crippen LogP contribution in [0.3, 0.4) is 0 Å². The number of rotatable bonds is 4. The van der Waals surface area contributed by atoms with Crippen molar-refractivity contribution in [3.63, 3.8) is 0 Å². The van der Waals surface area contributed by atoms with E-state index in [4.69, 9.17) is 6.42 Å². The molecule has 84 valence electrons. The van der Waals surface area contributed by atoms with Gasteiger partial charge in [0.05, 0.1) is 6.10 Å². The third-order valence-electron chi connectivity index (χ3n) is 3.46. The fraction of sp³-hybridized carbons (Fsp3) is 0.467. The van der Waals surface area contributed by atoms with Gasteiger partial charge >= 0.3 is 0 Å². The summed E-state index contributed by atoms with van der Waals surface area (Å²) in [6, 6.07) is 8.46. The van der Waals surface area contributed by atoms with Crippen molar-refractivity contribution < 1.29 is 5.11 Å². The molecule has 16 heavy (non-hydrogen) atoms. The first-order chi connectivity index (χ1) is 7.83. The minimum absolute atomic E-state index is 0.225. The molecule has 2 unspecified atom stereocenters. The van der Waals surface area contributed by atoms with Crippen molar-refractivity contribution in [1.29, 1.82) is 0 Å². The average molecular weight is 214 g/mol. The van der Waals surface area contributed by atoms with E-state index >= 15 is 0 Å². The maximum absolute atomic E-state index is 10.2. The second-order valence-electron chi connectivity index (χ2n) is 4.51. The van der Waals surface area contributed by atoms with Gasteiger partial charge in [-0.15, -0.1) is 12.3 Å². The highest BCUT2D eigenvalue weighted by molar-refractivity contribution is 5.35. The van der Waals surface area contributed by atoms with Gasteiger partial charge in [0.1, 0.15) is 0 Å². The number of fused-ring (bicyclic) bond motifs is 1. The lowest BCUT2D eigenvalue weighted by atomic mass is 9.92. The quantitative estimate of drug-likeness (QED) is 0.603. The fourth-order valence-electron chi connectivity index (χ4n) is 2.60. The number of benzene rings is 1. The van der Waals surface area contributed by atoms with Gasteiger partial charge in [-0.25, -0.2) is 0 Å². The predicted octanol–water partition coefficient (Wildman–Crippen LogP) is 2.88. The first-order valence-electron chi connectivity index (χ1n) is 6.02. The van der Waals surface area contributed by atoms with Crippen LogP contribution < -0.4 is 0 Å². The fourth-order valence-corrected chi connectivity index (χ4v) is 2.60. The van der Waals surface area contributed by atoms with Crippen LogP contribution in [-0.2, 0) is 6.42 Å². The SMILES string of the molecule is C#CCCCC(O)C1CCc2ccccc21. The monoisotopic (exact) mass is 214 g/mol. The van der Waals surface area contributed by atoms with Gasteiger partial charge in [-0.2, -0.15) is 0 Å². The molecule has 0 aliphatic heterocycles. The average Bonchev–Trinajstić information content (AvgIpc) is 2.73. The van der Waals surface area contributed by atoms with Crippen LogP contribution in [0.25, 0.3) is 0 Å². The summed E-state index contributed by atoms with van der Waals surface area (Å²) >= 11 is 0. The lowest BCUT2D eigenvalue weighted by Crippen LogP contribution is -2.16. The molecular weight excluding hydrogens is 196 g/mol. The van der Waals surface area contributed by atoms with Gasteiger partial charge in [0.25, 0.3) is 0 Å². The Kier molecular flexibility index (Phi) is 3.64. The molecule has 0 amide bonds. The molecule has 1 aromatic carbocycles. The highest BCUT2D eigenvalue weighted by atomic mass is 16.3. The Hall–Kier alpha value is -1.26. The summed E-state index contributed by atoms with van der Waals surface area (Å²) < 4.78 is 0. The molecule has 1 nitrogen and oxygen atoms in total. The van der Waals surface area contributed by atoms with Gasteiger partial charge in [-0.3, -0.25) is 0 Å². The Balaban J connectivity index is 1.99. The number of hydrogen-bond donors (Lipinski definition) is 1. The minimum atomic E-state index is -0.225. The van der Waals surface area contributed by atoms with E-state index in [1.807, 2.05) is 0 Å². The van der Waals surface area contributed by atoms with Crippen LogP contribution in [0, 0.1) is 12.3 Å². The molecule has 2 rings (SSSR count). The summed E-state index contributed by atoms with van der Waals surface area (Å²) in [5.41, 5.74) is 2.75. The van der Waals surface area contributed by atoms with Crippen molar-refractivity contribution in [3.05, 3.63) is 35.4 Å². The Morgan fingerprint density at radius 3 is 3.06 bits per heavy atom. The molecule has 1 aliphatic carbocycles. The second kappa shape index (κ2) is 5.18. The predicted molar refractivity (Wildman–Crippen MR) is 66.2 cm³/mol. The van der Waals surface area contributed by atoms with Gasteiger partial charge < -0.3 is 5.11 Å². The summed E-state index contributed by atoms with van der Waals surface area (Å²) in [7, 11) is 0. The van der Waals surface area contributed by atoms with E-state index in [1.54, 1.807) is 0 Å². The van der Waals surface area contributed by atoms with Crippen molar-refractivity contribution in [2.75, 3.05) is 0 Å². The van der Waals surface area contributed by atoms with Crippen LogP contribution in [0.1, 0.15) is 42.7 Å². The molecular formula is C15H18O. The largest absolute Gasteiger partial charge is 0.392 e. The molecule has 0 heterocycles. The molecule has 0 bridgehead atoms. The van der Waals surface area contributed by atoms with Gasteiger partial charge in [-0.05, 0) is 36.8 Å². The summed E-state index contributed by atoms with van der Waals surface area (Å²) in [5, 5.41) is 10.2. The summed E-state index contributed by atoms with van der Waals surface area (Å²) in [4.78, 5) is 0. The maximum Gasteiger partial charge on any atom is 0.0609 e. The maximum atomic E-state index is 10.2. The van der Waals surface area contributed by atoms with Crippen LogP contribution in [0.15, 0.2) is 24.3 Å². The topological polar surface area (TPSA) is 20.2 Å². The van der Waals surface area contributed by atoms with Crippen LogP contribution in [-0.4, -0.2) is 11.2 Å². The zero-order chi connectivity index (χ0) is 11.4. The zero-order valence-electron chi connectivity index (χ0n) is 9.52. The molecule has 2 atom stereocenters. The Labute approximate surface area is 97.5 Å². The molecule has 0 aromatic heterocycles. The lowest BCUT2D eigenvalue weighted by Gasteiger charge is -2.18. The Morgan fingerprint density at radius 2 is 2.25 bits per heavy atom. The van der Waals surface area contributed by atoms with E-state index in [2.05, 4.69) is 30.2 Å². The zero-order valence-corrected chi connectivity index (χ0v) is 9.52. The number of aliphatic hydroxyl groups excluding tert-OH is 1. The van der Waals surface area contributed by atoms with Crippen molar-refractivity contribution in [2.45, 2.75) is 44.1 Å². The van der Waals surface area contributed by atoms with E-state index in [0.717, 1.165) is 32.1 Å².